The Labute approximate surface area is 223 Å². The summed E-state index contributed by atoms with van der Waals surface area (Å²) in [5.74, 6) is -3.33. The predicted molar refractivity (Wildman–Crippen MR) is 143 cm³/mol. The number of rotatable bonds is 17. The molecule has 1 aromatic rings. The minimum Gasteiger partial charge on any atom is -0.480 e. The Hall–Kier alpha value is -3.68. The smallest absolute Gasteiger partial charge is 0.326 e. The van der Waals surface area contributed by atoms with Gasteiger partial charge in [0.15, 0.2) is 5.96 Å². The molecule has 1 aromatic heterocycles. The zero-order chi connectivity index (χ0) is 28.8. The van der Waals surface area contributed by atoms with Gasteiger partial charge in [-0.25, -0.2) is 9.78 Å². The zero-order valence-electron chi connectivity index (χ0n) is 22.6. The molecular weight excluding hydrogens is 494 g/mol. The molecule has 38 heavy (non-hydrogen) atoms. The minimum absolute atomic E-state index is 0.00987. The second-order valence-electron chi connectivity index (χ2n) is 9.80. The van der Waals surface area contributed by atoms with Crippen molar-refractivity contribution in [3.8, 4) is 0 Å². The standard InChI is InChI=1S/C24H43N9O5/c1-5-14(4)19(23(37)38)33-22(36)18(9-13(2)3)32-21(35)17(7-6-8-29-24(26)27)31-20(34)16(25)10-15-11-28-12-30-15/h11-14,16-19H,5-10,25H2,1-4H3,(H,28,30)(H,31,34)(H,32,35)(H,33,36)(H,37,38)(H4,26,27,29). The topological polar surface area (TPSA) is 244 Å². The van der Waals surface area contributed by atoms with Gasteiger partial charge < -0.3 is 43.2 Å². The van der Waals surface area contributed by atoms with E-state index in [1.165, 1.54) is 6.33 Å². The molecule has 3 amide bonds. The van der Waals surface area contributed by atoms with Gasteiger partial charge in [-0.2, -0.15) is 0 Å². The third-order valence-electron chi connectivity index (χ3n) is 6.03. The molecule has 0 saturated heterocycles. The highest BCUT2D eigenvalue weighted by molar-refractivity contribution is 5.94. The summed E-state index contributed by atoms with van der Waals surface area (Å²) in [6.45, 7) is 7.53. The first kappa shape index (κ1) is 32.3. The number of nitrogens with two attached hydrogens (primary N) is 3. The number of hydrogen-bond donors (Lipinski definition) is 8. The number of aromatic amines is 1. The molecule has 0 aliphatic rings. The molecule has 0 bridgehead atoms. The van der Waals surface area contributed by atoms with E-state index < -0.39 is 47.9 Å². The zero-order valence-corrected chi connectivity index (χ0v) is 22.6. The number of guanidine groups is 1. The van der Waals surface area contributed by atoms with Crippen LogP contribution in [0.5, 0.6) is 0 Å². The van der Waals surface area contributed by atoms with Crippen molar-refractivity contribution < 1.29 is 24.3 Å². The molecule has 5 atom stereocenters. The minimum atomic E-state index is -1.15. The van der Waals surface area contributed by atoms with Crippen LogP contribution in [0.15, 0.2) is 17.5 Å². The molecule has 1 rings (SSSR count). The van der Waals surface area contributed by atoms with E-state index in [2.05, 4.69) is 30.9 Å². The fourth-order valence-electron chi connectivity index (χ4n) is 3.69. The highest BCUT2D eigenvalue weighted by atomic mass is 16.4. The lowest BCUT2D eigenvalue weighted by Crippen LogP contribution is -2.58. The molecular formula is C24H43N9O5. The van der Waals surface area contributed by atoms with Crippen molar-refractivity contribution in [2.45, 2.75) is 84.0 Å². The predicted octanol–water partition coefficient (Wildman–Crippen LogP) is -1.04. The van der Waals surface area contributed by atoms with Gasteiger partial charge in [-0.15, -0.1) is 0 Å². The summed E-state index contributed by atoms with van der Waals surface area (Å²) < 4.78 is 0. The van der Waals surface area contributed by atoms with E-state index in [0.29, 0.717) is 18.5 Å². The monoisotopic (exact) mass is 537 g/mol. The van der Waals surface area contributed by atoms with Crippen LogP contribution in [-0.2, 0) is 25.6 Å². The highest BCUT2D eigenvalue weighted by Gasteiger charge is 2.32. The Morgan fingerprint density at radius 3 is 2.21 bits per heavy atom. The molecule has 5 unspecified atom stereocenters. The third kappa shape index (κ3) is 11.6. The first-order chi connectivity index (χ1) is 17.8. The second kappa shape index (κ2) is 16.2. The summed E-state index contributed by atoms with van der Waals surface area (Å²) >= 11 is 0. The lowest BCUT2D eigenvalue weighted by molar-refractivity contribution is -0.144. The molecule has 214 valence electrons. The summed E-state index contributed by atoms with van der Waals surface area (Å²) in [7, 11) is 0. The fraction of sp³-hybridized carbons (Fsp3) is 0.667. The average molecular weight is 538 g/mol. The largest absolute Gasteiger partial charge is 0.480 e. The quantitative estimate of drug-likeness (QED) is 0.0686. The van der Waals surface area contributed by atoms with Gasteiger partial charge in [-0.3, -0.25) is 19.4 Å². The number of aromatic nitrogens is 2. The Bertz CT molecular complexity index is 932. The van der Waals surface area contributed by atoms with Crippen molar-refractivity contribution >= 4 is 29.7 Å². The molecule has 0 aromatic carbocycles. The number of hydrogen-bond acceptors (Lipinski definition) is 7. The number of nitrogens with one attached hydrogen (secondary N) is 4. The number of aliphatic carboxylic acids is 1. The highest BCUT2D eigenvalue weighted by Crippen LogP contribution is 2.11. The van der Waals surface area contributed by atoms with Gasteiger partial charge in [-0.1, -0.05) is 34.1 Å². The molecule has 0 saturated carbocycles. The molecule has 0 aliphatic carbocycles. The Balaban J connectivity index is 3.03. The van der Waals surface area contributed by atoms with Gasteiger partial charge in [0.25, 0.3) is 0 Å². The van der Waals surface area contributed by atoms with E-state index >= 15 is 0 Å². The van der Waals surface area contributed by atoms with Gasteiger partial charge >= 0.3 is 5.97 Å². The third-order valence-corrected chi connectivity index (χ3v) is 6.03. The van der Waals surface area contributed by atoms with Crippen LogP contribution >= 0.6 is 0 Å². The molecule has 0 spiro atoms. The fourth-order valence-corrected chi connectivity index (χ4v) is 3.69. The van der Waals surface area contributed by atoms with Crippen molar-refractivity contribution in [1.82, 2.24) is 25.9 Å². The van der Waals surface area contributed by atoms with Crippen LogP contribution in [0.25, 0.3) is 0 Å². The lowest BCUT2D eigenvalue weighted by atomic mass is 9.97. The number of imidazole rings is 1. The maximum Gasteiger partial charge on any atom is 0.326 e. The molecule has 14 nitrogen and oxygen atoms in total. The molecule has 14 heteroatoms. The number of aliphatic imine (C=N–C) groups is 1. The average Bonchev–Trinajstić information content (AvgIpc) is 3.35. The van der Waals surface area contributed by atoms with Crippen LogP contribution in [-0.4, -0.2) is 75.4 Å². The van der Waals surface area contributed by atoms with Crippen molar-refractivity contribution in [2.24, 2.45) is 34.0 Å². The van der Waals surface area contributed by atoms with Crippen LogP contribution in [0, 0.1) is 11.8 Å². The number of carbonyl (C=O) groups is 4. The number of amides is 3. The van der Waals surface area contributed by atoms with Gasteiger partial charge in [0.1, 0.15) is 18.1 Å². The first-order valence-corrected chi connectivity index (χ1v) is 12.8. The van der Waals surface area contributed by atoms with Crippen molar-refractivity contribution in [2.75, 3.05) is 6.54 Å². The summed E-state index contributed by atoms with van der Waals surface area (Å²) in [6, 6.07) is -4.10. The van der Waals surface area contributed by atoms with Crippen LogP contribution < -0.4 is 33.2 Å². The van der Waals surface area contributed by atoms with Crippen molar-refractivity contribution in [1.29, 1.82) is 0 Å². The van der Waals surface area contributed by atoms with E-state index in [9.17, 15) is 24.3 Å². The van der Waals surface area contributed by atoms with Gasteiger partial charge in [0.2, 0.25) is 17.7 Å². The van der Waals surface area contributed by atoms with Crippen LogP contribution in [0.4, 0.5) is 0 Å². The van der Waals surface area contributed by atoms with Gasteiger partial charge in [0.05, 0.1) is 12.4 Å². The number of carbonyl (C=O) groups excluding carboxylic acids is 3. The Morgan fingerprint density at radius 1 is 1.05 bits per heavy atom. The van der Waals surface area contributed by atoms with Crippen LogP contribution in [0.3, 0.4) is 0 Å². The second-order valence-corrected chi connectivity index (χ2v) is 9.80. The Morgan fingerprint density at radius 2 is 1.68 bits per heavy atom. The molecule has 1 heterocycles. The lowest BCUT2D eigenvalue weighted by Gasteiger charge is -2.27. The molecule has 0 aliphatic heterocycles. The van der Waals surface area contributed by atoms with Gasteiger partial charge in [0, 0.05) is 24.9 Å². The maximum atomic E-state index is 13.3. The van der Waals surface area contributed by atoms with Crippen LogP contribution in [0.1, 0.15) is 59.1 Å². The maximum absolute atomic E-state index is 13.3. The van der Waals surface area contributed by atoms with Gasteiger partial charge in [-0.05, 0) is 31.1 Å². The summed E-state index contributed by atoms with van der Waals surface area (Å²) in [5, 5.41) is 17.5. The van der Waals surface area contributed by atoms with E-state index in [4.69, 9.17) is 17.2 Å². The number of nitrogens with zero attached hydrogens (tertiary/aromatic N) is 2. The number of H-pyrrole nitrogens is 1. The van der Waals surface area contributed by atoms with E-state index in [-0.39, 0.29) is 43.6 Å². The summed E-state index contributed by atoms with van der Waals surface area (Å²) in [4.78, 5) is 61.5. The summed E-state index contributed by atoms with van der Waals surface area (Å²) in [5.41, 5.74) is 17.4. The Kier molecular flexibility index (Phi) is 13.8. The van der Waals surface area contributed by atoms with E-state index in [1.54, 1.807) is 13.1 Å². The SMILES string of the molecule is CCC(C)C(NC(=O)C(CC(C)C)NC(=O)C(CCCN=C(N)N)NC(=O)C(N)Cc1cnc[nH]1)C(=O)O. The van der Waals surface area contributed by atoms with E-state index in [1.807, 2.05) is 20.8 Å². The normalized spacial score (nSPS) is 15.0. The van der Waals surface area contributed by atoms with Crippen molar-refractivity contribution in [3.63, 3.8) is 0 Å². The van der Waals surface area contributed by atoms with Crippen molar-refractivity contribution in [3.05, 3.63) is 18.2 Å². The molecule has 11 N–H and O–H groups in total. The first-order valence-electron chi connectivity index (χ1n) is 12.8. The molecule has 0 fully saturated rings. The van der Waals surface area contributed by atoms with Crippen LogP contribution in [0.2, 0.25) is 0 Å². The summed E-state index contributed by atoms with van der Waals surface area (Å²) in [6.07, 6.45) is 4.54. The number of carboxylic acid groups (broad SMARTS) is 1. The number of carboxylic acids is 1. The van der Waals surface area contributed by atoms with E-state index in [0.717, 1.165) is 0 Å². The molecule has 0 radical (unpaired) electrons.